The van der Waals surface area contributed by atoms with Gasteiger partial charge in [0.2, 0.25) is 11.8 Å². The number of nitrogens with zero attached hydrogens (tertiary/aromatic N) is 5. The summed E-state index contributed by atoms with van der Waals surface area (Å²) in [6, 6.07) is 7.90. The summed E-state index contributed by atoms with van der Waals surface area (Å²) in [5.41, 5.74) is 1.92. The van der Waals surface area contributed by atoms with Gasteiger partial charge in [-0.2, -0.15) is 4.98 Å². The molecule has 3 aromatic rings. The Bertz CT molecular complexity index is 958. The van der Waals surface area contributed by atoms with Crippen molar-refractivity contribution in [2.24, 2.45) is 5.92 Å². The summed E-state index contributed by atoms with van der Waals surface area (Å²) in [7, 11) is 0. The van der Waals surface area contributed by atoms with Gasteiger partial charge in [0.1, 0.15) is 6.54 Å². The van der Waals surface area contributed by atoms with E-state index in [9.17, 15) is 4.79 Å². The van der Waals surface area contributed by atoms with E-state index in [1.165, 1.54) is 12.8 Å². The number of carbonyl (C=O) groups is 1. The highest BCUT2D eigenvalue weighted by molar-refractivity contribution is 5.80. The second kappa shape index (κ2) is 6.79. The number of amides is 1. The lowest BCUT2D eigenvalue weighted by molar-refractivity contribution is -0.133. The number of aromatic nitrogens is 4. The Hall–Kier alpha value is -2.70. The first kappa shape index (κ1) is 16.5. The van der Waals surface area contributed by atoms with Crippen LogP contribution < -0.4 is 0 Å². The van der Waals surface area contributed by atoms with Crippen LogP contribution in [-0.4, -0.2) is 43.6 Å². The van der Waals surface area contributed by atoms with Gasteiger partial charge < -0.3 is 14.0 Å². The topological polar surface area (TPSA) is 77.1 Å². The number of rotatable bonds is 5. The third-order valence-corrected chi connectivity index (χ3v) is 5.59. The second-order valence-corrected chi connectivity index (χ2v) is 7.73. The number of para-hydroxylation sites is 2. The molecule has 1 amide bonds. The van der Waals surface area contributed by atoms with Gasteiger partial charge in [-0.15, -0.1) is 0 Å². The van der Waals surface area contributed by atoms with Gasteiger partial charge >= 0.3 is 0 Å². The molecule has 2 aliphatic rings. The van der Waals surface area contributed by atoms with Crippen molar-refractivity contribution in [1.82, 2.24) is 24.6 Å². The lowest BCUT2D eigenvalue weighted by Crippen LogP contribution is -2.42. The standard InChI is InChI=1S/C20H23N5O2/c26-19(12-25-13-21-16-5-1-2-6-17(16)25)24-9-3-4-14(11-24)10-18-22-20(23-27-18)15-7-8-15/h1-2,5-6,13-15H,3-4,7-12H2/t14-/m0/s1. The van der Waals surface area contributed by atoms with Gasteiger partial charge in [0.15, 0.2) is 5.82 Å². The van der Waals surface area contributed by atoms with Crippen LogP contribution >= 0.6 is 0 Å². The van der Waals surface area contributed by atoms with E-state index in [0.717, 1.165) is 55.1 Å². The summed E-state index contributed by atoms with van der Waals surface area (Å²) >= 11 is 0. The Morgan fingerprint density at radius 2 is 2.11 bits per heavy atom. The molecule has 0 radical (unpaired) electrons. The van der Waals surface area contributed by atoms with Crippen LogP contribution in [0.15, 0.2) is 35.1 Å². The zero-order chi connectivity index (χ0) is 18.2. The van der Waals surface area contributed by atoms with E-state index in [1.54, 1.807) is 6.33 Å². The fourth-order valence-electron chi connectivity index (χ4n) is 3.95. The Balaban J connectivity index is 1.22. The van der Waals surface area contributed by atoms with Crippen molar-refractivity contribution in [3.8, 4) is 0 Å². The highest BCUT2D eigenvalue weighted by Gasteiger charge is 2.30. The Kier molecular flexibility index (Phi) is 4.14. The van der Waals surface area contributed by atoms with Crippen LogP contribution in [0.1, 0.15) is 43.3 Å². The van der Waals surface area contributed by atoms with Crippen molar-refractivity contribution in [3.05, 3.63) is 42.3 Å². The number of fused-ring (bicyclic) bond motifs is 1. The van der Waals surface area contributed by atoms with Gasteiger partial charge in [0.05, 0.1) is 17.4 Å². The number of likely N-dealkylation sites (tertiary alicyclic amines) is 1. The number of piperidine rings is 1. The Morgan fingerprint density at radius 1 is 1.22 bits per heavy atom. The van der Waals surface area contributed by atoms with Gasteiger partial charge in [-0.1, -0.05) is 17.3 Å². The average Bonchev–Trinajstić information content (AvgIpc) is 3.32. The molecule has 1 aromatic carbocycles. The smallest absolute Gasteiger partial charge is 0.242 e. The molecule has 3 heterocycles. The van der Waals surface area contributed by atoms with Crippen LogP contribution in [0.25, 0.3) is 11.0 Å². The van der Waals surface area contributed by atoms with E-state index in [0.29, 0.717) is 18.4 Å². The molecule has 140 valence electrons. The number of benzene rings is 1. The van der Waals surface area contributed by atoms with Gasteiger partial charge in [-0.3, -0.25) is 4.79 Å². The van der Waals surface area contributed by atoms with Crippen molar-refractivity contribution in [1.29, 1.82) is 0 Å². The number of imidazole rings is 1. The normalized spacial score (nSPS) is 20.3. The molecule has 0 unspecified atom stereocenters. The first-order valence-electron chi connectivity index (χ1n) is 9.76. The van der Waals surface area contributed by atoms with Crippen LogP contribution in [-0.2, 0) is 17.8 Å². The fraction of sp³-hybridized carbons (Fsp3) is 0.500. The SMILES string of the molecule is O=C(Cn1cnc2ccccc21)N1CCC[C@@H](Cc2nc(C3CC3)no2)C1. The molecule has 0 bridgehead atoms. The molecule has 7 nitrogen and oxygen atoms in total. The van der Waals surface area contributed by atoms with Crippen LogP contribution in [0.2, 0.25) is 0 Å². The molecule has 1 aliphatic carbocycles. The minimum Gasteiger partial charge on any atom is -0.341 e. The summed E-state index contributed by atoms with van der Waals surface area (Å²) in [6.45, 7) is 1.91. The maximum atomic E-state index is 12.8. The molecule has 2 fully saturated rings. The lowest BCUT2D eigenvalue weighted by Gasteiger charge is -2.32. The molecular weight excluding hydrogens is 342 g/mol. The van der Waals surface area contributed by atoms with Gasteiger partial charge in [0, 0.05) is 25.4 Å². The van der Waals surface area contributed by atoms with Crippen LogP contribution in [0.4, 0.5) is 0 Å². The van der Waals surface area contributed by atoms with E-state index >= 15 is 0 Å². The minimum absolute atomic E-state index is 0.145. The quantitative estimate of drug-likeness (QED) is 0.695. The second-order valence-electron chi connectivity index (χ2n) is 7.73. The summed E-state index contributed by atoms with van der Waals surface area (Å²) in [6.07, 6.45) is 6.98. The summed E-state index contributed by atoms with van der Waals surface area (Å²) in [4.78, 5) is 23.7. The molecule has 7 heteroatoms. The van der Waals surface area contributed by atoms with Crippen molar-refractivity contribution in [2.75, 3.05) is 13.1 Å². The third kappa shape index (κ3) is 3.46. The molecule has 1 saturated carbocycles. The molecule has 0 spiro atoms. The van der Waals surface area contributed by atoms with E-state index in [1.807, 2.05) is 33.7 Å². The van der Waals surface area contributed by atoms with E-state index in [4.69, 9.17) is 4.52 Å². The van der Waals surface area contributed by atoms with Crippen molar-refractivity contribution >= 4 is 16.9 Å². The predicted molar refractivity (Wildman–Crippen MR) is 99.0 cm³/mol. The first-order chi connectivity index (χ1) is 13.3. The monoisotopic (exact) mass is 365 g/mol. The molecule has 1 aliphatic heterocycles. The average molecular weight is 365 g/mol. The molecule has 5 rings (SSSR count). The van der Waals surface area contributed by atoms with Crippen molar-refractivity contribution in [2.45, 2.75) is 44.6 Å². The largest absolute Gasteiger partial charge is 0.341 e. The van der Waals surface area contributed by atoms with Crippen LogP contribution in [0.5, 0.6) is 0 Å². The molecule has 0 N–H and O–H groups in total. The van der Waals surface area contributed by atoms with E-state index < -0.39 is 0 Å². The highest BCUT2D eigenvalue weighted by Crippen LogP contribution is 2.38. The summed E-state index contributed by atoms with van der Waals surface area (Å²) in [5, 5.41) is 4.10. The maximum absolute atomic E-state index is 12.8. The highest BCUT2D eigenvalue weighted by atomic mass is 16.5. The molecule has 2 aromatic heterocycles. The molecule has 1 atom stereocenters. The molecule has 27 heavy (non-hydrogen) atoms. The zero-order valence-electron chi connectivity index (χ0n) is 15.3. The molecule has 1 saturated heterocycles. The zero-order valence-corrected chi connectivity index (χ0v) is 15.3. The molecular formula is C20H23N5O2. The van der Waals surface area contributed by atoms with E-state index in [-0.39, 0.29) is 5.91 Å². The van der Waals surface area contributed by atoms with Gasteiger partial charge in [0.25, 0.3) is 0 Å². The summed E-state index contributed by atoms with van der Waals surface area (Å²) in [5.74, 6) is 2.62. The first-order valence-corrected chi connectivity index (χ1v) is 9.76. The van der Waals surface area contributed by atoms with Crippen molar-refractivity contribution in [3.63, 3.8) is 0 Å². The summed E-state index contributed by atoms with van der Waals surface area (Å²) < 4.78 is 7.35. The maximum Gasteiger partial charge on any atom is 0.242 e. The van der Waals surface area contributed by atoms with E-state index in [2.05, 4.69) is 15.1 Å². The minimum atomic E-state index is 0.145. The van der Waals surface area contributed by atoms with Crippen LogP contribution in [0, 0.1) is 5.92 Å². The third-order valence-electron chi connectivity index (χ3n) is 5.59. The Morgan fingerprint density at radius 3 is 3.00 bits per heavy atom. The van der Waals surface area contributed by atoms with Crippen molar-refractivity contribution < 1.29 is 9.32 Å². The Labute approximate surface area is 157 Å². The lowest BCUT2D eigenvalue weighted by atomic mass is 9.94. The van der Waals surface area contributed by atoms with Gasteiger partial charge in [-0.05, 0) is 43.7 Å². The number of hydrogen-bond donors (Lipinski definition) is 0. The number of hydrogen-bond acceptors (Lipinski definition) is 5. The fourth-order valence-corrected chi connectivity index (χ4v) is 3.95. The van der Waals surface area contributed by atoms with Gasteiger partial charge in [-0.25, -0.2) is 4.98 Å². The number of carbonyl (C=O) groups excluding carboxylic acids is 1. The predicted octanol–water partition coefficient (Wildman–Crippen LogP) is 2.78. The van der Waals surface area contributed by atoms with Crippen LogP contribution in [0.3, 0.4) is 0 Å².